The van der Waals surface area contributed by atoms with Crippen molar-refractivity contribution in [3.63, 3.8) is 0 Å². The first-order valence-corrected chi connectivity index (χ1v) is 11.8. The molecule has 2 saturated carbocycles. The molecule has 0 saturated heterocycles. The van der Waals surface area contributed by atoms with Crippen LogP contribution < -0.4 is 15.5 Å². The second-order valence-corrected chi connectivity index (χ2v) is 9.11. The summed E-state index contributed by atoms with van der Waals surface area (Å²) in [5, 5.41) is 6.03. The highest BCUT2D eigenvalue weighted by Gasteiger charge is 2.30. The first kappa shape index (κ1) is 22.4. The van der Waals surface area contributed by atoms with Gasteiger partial charge < -0.3 is 15.5 Å². The van der Waals surface area contributed by atoms with Gasteiger partial charge in [0.15, 0.2) is 0 Å². The number of carbonyl (C=O) groups is 2. The van der Waals surface area contributed by atoms with E-state index < -0.39 is 0 Å². The summed E-state index contributed by atoms with van der Waals surface area (Å²) in [6.45, 7) is 3.56. The highest BCUT2D eigenvalue weighted by molar-refractivity contribution is 6.03. The molecule has 0 unspecified atom stereocenters. The lowest BCUT2D eigenvalue weighted by atomic mass is 9.94. The summed E-state index contributed by atoms with van der Waals surface area (Å²) in [6.07, 6.45) is 10.4. The van der Waals surface area contributed by atoms with Crippen molar-refractivity contribution in [2.75, 3.05) is 23.3 Å². The molecule has 0 spiro atoms. The molecule has 2 aromatic rings. The van der Waals surface area contributed by atoms with E-state index in [9.17, 15) is 9.59 Å². The van der Waals surface area contributed by atoms with Crippen LogP contribution in [0.3, 0.4) is 0 Å². The lowest BCUT2D eigenvalue weighted by molar-refractivity contribution is -0.116. The quantitative estimate of drug-likeness (QED) is 0.587. The van der Waals surface area contributed by atoms with Gasteiger partial charge in [0.2, 0.25) is 0 Å². The summed E-state index contributed by atoms with van der Waals surface area (Å²) in [5.41, 5.74) is 2.16. The minimum Gasteiger partial charge on any atom is -0.353 e. The van der Waals surface area contributed by atoms with Crippen LogP contribution in [-0.4, -0.2) is 40.8 Å². The summed E-state index contributed by atoms with van der Waals surface area (Å²) in [5.74, 6) is 1.51. The van der Waals surface area contributed by atoms with Crippen LogP contribution >= 0.6 is 0 Å². The molecule has 0 bridgehead atoms. The second kappa shape index (κ2) is 10.7. The van der Waals surface area contributed by atoms with Gasteiger partial charge in [0.1, 0.15) is 23.6 Å². The zero-order valence-corrected chi connectivity index (χ0v) is 18.8. The van der Waals surface area contributed by atoms with E-state index in [1.54, 1.807) is 6.92 Å². The summed E-state index contributed by atoms with van der Waals surface area (Å²) in [4.78, 5) is 35.1. The molecule has 0 atom stereocenters. The van der Waals surface area contributed by atoms with E-state index in [1.165, 1.54) is 51.3 Å². The average molecular weight is 436 g/mol. The topological polar surface area (TPSA) is 87.2 Å². The number of nitrogens with one attached hydrogen (secondary N) is 2. The third-order valence-corrected chi connectivity index (χ3v) is 6.26. The molecule has 7 heteroatoms. The highest BCUT2D eigenvalue weighted by Crippen LogP contribution is 2.34. The fourth-order valence-electron chi connectivity index (χ4n) is 4.31. The largest absolute Gasteiger partial charge is 0.353 e. The first-order chi connectivity index (χ1) is 15.6. The maximum Gasteiger partial charge on any atom is 0.274 e. The number of anilines is 2. The summed E-state index contributed by atoms with van der Waals surface area (Å²) >= 11 is 0. The number of hydrogen-bond acceptors (Lipinski definition) is 6. The third-order valence-electron chi connectivity index (χ3n) is 6.26. The van der Waals surface area contributed by atoms with E-state index in [0.717, 1.165) is 23.8 Å². The van der Waals surface area contributed by atoms with Gasteiger partial charge in [-0.15, -0.1) is 0 Å². The van der Waals surface area contributed by atoms with E-state index in [4.69, 9.17) is 0 Å². The minimum atomic E-state index is -0.230. The highest BCUT2D eigenvalue weighted by atomic mass is 16.2. The van der Waals surface area contributed by atoms with E-state index in [0.29, 0.717) is 30.5 Å². The number of ketones is 1. The van der Waals surface area contributed by atoms with Crippen molar-refractivity contribution in [1.82, 2.24) is 15.3 Å². The number of nitrogens with zero attached hydrogens (tertiary/aromatic N) is 3. The van der Waals surface area contributed by atoms with Crippen molar-refractivity contribution in [3.8, 4) is 0 Å². The molecule has 4 rings (SSSR count). The molecule has 2 fully saturated rings. The molecule has 1 aromatic carbocycles. The van der Waals surface area contributed by atoms with Crippen LogP contribution in [0.5, 0.6) is 0 Å². The summed E-state index contributed by atoms with van der Waals surface area (Å²) in [7, 11) is 0. The van der Waals surface area contributed by atoms with Crippen molar-refractivity contribution in [1.29, 1.82) is 0 Å². The molecule has 0 radical (unpaired) electrons. The smallest absolute Gasteiger partial charge is 0.274 e. The van der Waals surface area contributed by atoms with Gasteiger partial charge in [0, 0.05) is 30.9 Å². The zero-order valence-electron chi connectivity index (χ0n) is 18.8. The maximum atomic E-state index is 12.9. The number of benzene rings is 1. The molecule has 7 nitrogen and oxygen atoms in total. The number of amides is 1. The summed E-state index contributed by atoms with van der Waals surface area (Å²) in [6, 6.07) is 9.97. The van der Waals surface area contributed by atoms with E-state index in [1.807, 2.05) is 30.3 Å². The molecule has 2 aliphatic carbocycles. The normalized spacial score (nSPS) is 16.5. The maximum absolute atomic E-state index is 12.9. The standard InChI is InChI=1S/C25H33N5O2/c1-18(31)14-26-15-19-9-11-21(12-10-19)29-25(32)23-13-24(28-17-27-23)30(16-20-7-8-20)22-5-3-2-4-6-22/h9-13,17,20,22,26H,2-8,14-16H2,1H3,(H,29,32). The van der Waals surface area contributed by atoms with Crippen molar-refractivity contribution in [2.24, 2.45) is 5.92 Å². The van der Waals surface area contributed by atoms with E-state index in [-0.39, 0.29) is 11.7 Å². The van der Waals surface area contributed by atoms with Crippen LogP contribution in [0, 0.1) is 5.92 Å². The third kappa shape index (κ3) is 6.36. The van der Waals surface area contributed by atoms with Gasteiger partial charge in [-0.25, -0.2) is 9.97 Å². The molecule has 170 valence electrons. The zero-order chi connectivity index (χ0) is 22.3. The van der Waals surface area contributed by atoms with Gasteiger partial charge in [-0.2, -0.15) is 0 Å². The Bertz CT molecular complexity index is 920. The number of aromatic nitrogens is 2. The lowest BCUT2D eigenvalue weighted by Crippen LogP contribution is -2.39. The molecule has 1 amide bonds. The molecular formula is C25H33N5O2. The fourth-order valence-corrected chi connectivity index (χ4v) is 4.31. The molecule has 1 heterocycles. The number of carbonyl (C=O) groups excluding carboxylic acids is 2. The molecule has 2 aliphatic rings. The van der Waals surface area contributed by atoms with Crippen LogP contribution in [0.1, 0.15) is 67.9 Å². The first-order valence-electron chi connectivity index (χ1n) is 11.8. The van der Waals surface area contributed by atoms with Crippen LogP contribution in [0.4, 0.5) is 11.5 Å². The van der Waals surface area contributed by atoms with Gasteiger partial charge in [-0.05, 0) is 56.2 Å². The number of Topliss-reactive ketones (excluding diaryl/α,β-unsaturated/α-hetero) is 1. The van der Waals surface area contributed by atoms with Gasteiger partial charge >= 0.3 is 0 Å². The summed E-state index contributed by atoms with van der Waals surface area (Å²) < 4.78 is 0. The molecule has 2 N–H and O–H groups in total. The Morgan fingerprint density at radius 1 is 1.03 bits per heavy atom. The van der Waals surface area contributed by atoms with Gasteiger partial charge in [0.05, 0.1) is 6.54 Å². The SMILES string of the molecule is CC(=O)CNCc1ccc(NC(=O)c2cc(N(CC3CC3)C3CCCCC3)ncn2)cc1. The van der Waals surface area contributed by atoms with Gasteiger partial charge in [0.25, 0.3) is 5.91 Å². The monoisotopic (exact) mass is 435 g/mol. The predicted molar refractivity (Wildman–Crippen MR) is 126 cm³/mol. The van der Waals surface area contributed by atoms with Crippen LogP contribution in [0.25, 0.3) is 0 Å². The fraction of sp³-hybridized carbons (Fsp3) is 0.520. The Hall–Kier alpha value is -2.80. The molecule has 0 aliphatic heterocycles. The van der Waals surface area contributed by atoms with Crippen molar-refractivity contribution >= 4 is 23.2 Å². The average Bonchev–Trinajstić information content (AvgIpc) is 3.63. The Labute approximate surface area is 190 Å². The molecule has 1 aromatic heterocycles. The van der Waals surface area contributed by atoms with Crippen molar-refractivity contribution in [2.45, 2.75) is 64.5 Å². The molecule has 32 heavy (non-hydrogen) atoms. The Morgan fingerprint density at radius 3 is 2.47 bits per heavy atom. The lowest BCUT2D eigenvalue weighted by Gasteiger charge is -2.35. The van der Waals surface area contributed by atoms with Gasteiger partial charge in [-0.1, -0.05) is 31.4 Å². The Morgan fingerprint density at radius 2 is 1.78 bits per heavy atom. The second-order valence-electron chi connectivity index (χ2n) is 9.11. The van der Waals surface area contributed by atoms with Crippen LogP contribution in [0.15, 0.2) is 36.7 Å². The van der Waals surface area contributed by atoms with Crippen molar-refractivity contribution < 1.29 is 9.59 Å². The number of rotatable bonds is 10. The Balaban J connectivity index is 1.40. The minimum absolute atomic E-state index is 0.109. The predicted octanol–water partition coefficient (Wildman–Crippen LogP) is 3.96. The number of hydrogen-bond donors (Lipinski definition) is 2. The van der Waals surface area contributed by atoms with Crippen LogP contribution in [0.2, 0.25) is 0 Å². The van der Waals surface area contributed by atoms with Crippen molar-refractivity contribution in [3.05, 3.63) is 47.9 Å². The van der Waals surface area contributed by atoms with E-state index in [2.05, 4.69) is 25.5 Å². The Kier molecular flexibility index (Phi) is 7.47. The molecular weight excluding hydrogens is 402 g/mol. The van der Waals surface area contributed by atoms with Gasteiger partial charge in [-0.3, -0.25) is 9.59 Å². The van der Waals surface area contributed by atoms with Crippen LogP contribution in [-0.2, 0) is 11.3 Å². The van der Waals surface area contributed by atoms with E-state index >= 15 is 0 Å².